The fourth-order valence-corrected chi connectivity index (χ4v) is 7.69. The number of hydrogen-bond donors (Lipinski definition) is 0. The molecule has 0 bridgehead atoms. The molecule has 10 rings (SSSR count). The van der Waals surface area contributed by atoms with Crippen LogP contribution >= 0.6 is 0 Å². The van der Waals surface area contributed by atoms with Gasteiger partial charge in [-0.2, -0.15) is 0 Å². The van der Waals surface area contributed by atoms with Gasteiger partial charge in [-0.1, -0.05) is 91.0 Å². The fraction of sp³-hybridized carbons (Fsp3) is 0. The highest BCUT2D eigenvalue weighted by molar-refractivity contribution is 6.26. The summed E-state index contributed by atoms with van der Waals surface area (Å²) in [6.07, 6.45) is 7.27. The normalized spacial score (nSPS) is 11.5. The Balaban J connectivity index is 1.38. The highest BCUT2D eigenvalue weighted by Gasteiger charge is 2.21. The summed E-state index contributed by atoms with van der Waals surface area (Å²) >= 11 is 0. The third-order valence-electron chi connectivity index (χ3n) is 10.1. The molecular formula is C48H30N4. The van der Waals surface area contributed by atoms with Crippen molar-refractivity contribution >= 4 is 43.1 Å². The lowest BCUT2D eigenvalue weighted by Gasteiger charge is -2.20. The summed E-state index contributed by atoms with van der Waals surface area (Å²) < 4.78 is 0. The zero-order valence-electron chi connectivity index (χ0n) is 28.1. The molecule has 6 aromatic carbocycles. The summed E-state index contributed by atoms with van der Waals surface area (Å²) in [5, 5.41) is 9.34. The molecule has 0 aliphatic heterocycles. The first-order valence-corrected chi connectivity index (χ1v) is 17.5. The third-order valence-corrected chi connectivity index (χ3v) is 10.1. The van der Waals surface area contributed by atoms with Gasteiger partial charge in [0, 0.05) is 47.0 Å². The largest absolute Gasteiger partial charge is 0.265 e. The Bertz CT molecular complexity index is 2940. The van der Waals surface area contributed by atoms with Gasteiger partial charge in [0.1, 0.15) is 0 Å². The first kappa shape index (κ1) is 29.8. The van der Waals surface area contributed by atoms with Crippen LogP contribution in [-0.4, -0.2) is 19.9 Å². The standard InChI is InChI=1S/C48H30N4/c1-2-10-31(11-3-1)38-28-34-12-4-5-13-35(34)39-29-41-42(30-40(38)39)48(46-19-9-17-44(52-46)33-22-26-50-27-23-33)37-15-7-6-14-36(37)47(41)45-18-8-16-43(51-45)32-20-24-49-25-21-32/h1-30H. The van der Waals surface area contributed by atoms with Crippen LogP contribution in [0.15, 0.2) is 183 Å². The molecule has 0 N–H and O–H groups in total. The topological polar surface area (TPSA) is 51.6 Å². The highest BCUT2D eigenvalue weighted by atomic mass is 14.7. The molecule has 0 spiro atoms. The molecule has 242 valence electrons. The number of rotatable bonds is 5. The summed E-state index contributed by atoms with van der Waals surface area (Å²) in [5.41, 5.74) is 10.3. The average molecular weight is 663 g/mol. The van der Waals surface area contributed by atoms with E-state index in [9.17, 15) is 0 Å². The highest BCUT2D eigenvalue weighted by Crippen LogP contribution is 2.47. The van der Waals surface area contributed by atoms with Gasteiger partial charge in [0.2, 0.25) is 0 Å². The lowest BCUT2D eigenvalue weighted by Crippen LogP contribution is -1.96. The number of pyridine rings is 4. The van der Waals surface area contributed by atoms with E-state index in [1.54, 1.807) is 0 Å². The van der Waals surface area contributed by atoms with Crippen molar-refractivity contribution in [3.05, 3.63) is 183 Å². The van der Waals surface area contributed by atoms with Crippen molar-refractivity contribution in [1.82, 2.24) is 19.9 Å². The van der Waals surface area contributed by atoms with Crippen LogP contribution in [0.3, 0.4) is 0 Å². The molecule has 0 aliphatic carbocycles. The lowest BCUT2D eigenvalue weighted by atomic mass is 9.85. The van der Waals surface area contributed by atoms with Gasteiger partial charge in [-0.25, -0.2) is 9.97 Å². The van der Waals surface area contributed by atoms with Gasteiger partial charge in [0.15, 0.2) is 0 Å². The van der Waals surface area contributed by atoms with Crippen LogP contribution in [0, 0.1) is 0 Å². The first-order chi connectivity index (χ1) is 25.8. The molecule has 0 saturated heterocycles. The van der Waals surface area contributed by atoms with Crippen molar-refractivity contribution in [2.45, 2.75) is 0 Å². The van der Waals surface area contributed by atoms with E-state index in [0.29, 0.717) is 0 Å². The molecule has 4 aromatic heterocycles. The minimum atomic E-state index is 0.907. The molecule has 0 unspecified atom stereocenters. The van der Waals surface area contributed by atoms with E-state index in [4.69, 9.17) is 9.97 Å². The van der Waals surface area contributed by atoms with E-state index in [0.717, 1.165) is 66.6 Å². The van der Waals surface area contributed by atoms with Gasteiger partial charge in [-0.3, -0.25) is 9.97 Å². The van der Waals surface area contributed by atoms with Crippen molar-refractivity contribution < 1.29 is 0 Å². The SMILES string of the molecule is c1ccc(-c2cc3ccccc3c3cc4c(-c5cccc(-c6ccncc6)n5)c5ccccc5c(-c5cccc(-c6ccncc6)n5)c4cc23)cc1. The summed E-state index contributed by atoms with van der Waals surface area (Å²) in [6.45, 7) is 0. The van der Waals surface area contributed by atoms with Crippen molar-refractivity contribution in [2.75, 3.05) is 0 Å². The van der Waals surface area contributed by atoms with Crippen LogP contribution in [0.4, 0.5) is 0 Å². The Hall–Kier alpha value is -7.04. The zero-order chi connectivity index (χ0) is 34.4. The van der Waals surface area contributed by atoms with Crippen LogP contribution < -0.4 is 0 Å². The number of aromatic nitrogens is 4. The number of hydrogen-bond acceptors (Lipinski definition) is 4. The Morgan fingerprint density at radius 3 is 1.35 bits per heavy atom. The van der Waals surface area contributed by atoms with E-state index >= 15 is 0 Å². The van der Waals surface area contributed by atoms with Gasteiger partial charge in [-0.05, 0) is 121 Å². The second kappa shape index (κ2) is 12.4. The van der Waals surface area contributed by atoms with Crippen molar-refractivity contribution in [2.24, 2.45) is 0 Å². The summed E-state index contributed by atoms with van der Waals surface area (Å²) in [4.78, 5) is 19.1. The Morgan fingerprint density at radius 2 is 0.769 bits per heavy atom. The van der Waals surface area contributed by atoms with Gasteiger partial charge in [0.25, 0.3) is 0 Å². The molecule has 10 aromatic rings. The Morgan fingerprint density at radius 1 is 0.288 bits per heavy atom. The molecule has 0 saturated carbocycles. The molecule has 0 radical (unpaired) electrons. The Kier molecular flexibility index (Phi) is 7.10. The van der Waals surface area contributed by atoms with Crippen LogP contribution in [0.2, 0.25) is 0 Å². The molecule has 0 amide bonds. The zero-order valence-corrected chi connectivity index (χ0v) is 28.1. The van der Waals surface area contributed by atoms with E-state index in [1.807, 2.05) is 49.1 Å². The summed E-state index contributed by atoms with van der Waals surface area (Å²) in [5.74, 6) is 0. The third kappa shape index (κ3) is 5.00. The Labute approximate surface area is 300 Å². The van der Waals surface area contributed by atoms with Gasteiger partial charge in [0.05, 0.1) is 22.8 Å². The quantitative estimate of drug-likeness (QED) is 0.136. The molecule has 0 fully saturated rings. The summed E-state index contributed by atoms with van der Waals surface area (Å²) in [7, 11) is 0. The molecular weight excluding hydrogens is 633 g/mol. The predicted octanol–water partition coefficient (Wildman–Crippen LogP) is 12.2. The maximum atomic E-state index is 5.33. The van der Waals surface area contributed by atoms with Gasteiger partial charge < -0.3 is 0 Å². The second-order valence-electron chi connectivity index (χ2n) is 13.0. The average Bonchev–Trinajstić information content (AvgIpc) is 3.23. The lowest BCUT2D eigenvalue weighted by molar-refractivity contribution is 1.29. The predicted molar refractivity (Wildman–Crippen MR) is 215 cm³/mol. The van der Waals surface area contributed by atoms with Gasteiger partial charge >= 0.3 is 0 Å². The van der Waals surface area contributed by atoms with E-state index in [2.05, 4.69) is 143 Å². The number of benzene rings is 6. The van der Waals surface area contributed by atoms with E-state index in [1.165, 1.54) is 32.7 Å². The number of fused-ring (bicyclic) bond motifs is 5. The molecule has 4 heterocycles. The number of nitrogens with zero attached hydrogens (tertiary/aromatic N) is 4. The molecule has 4 nitrogen and oxygen atoms in total. The molecule has 52 heavy (non-hydrogen) atoms. The molecule has 0 aliphatic rings. The molecule has 4 heteroatoms. The smallest absolute Gasteiger partial charge is 0.0722 e. The minimum absolute atomic E-state index is 0.907. The van der Waals surface area contributed by atoms with Crippen LogP contribution in [0.25, 0.3) is 99.2 Å². The maximum absolute atomic E-state index is 5.33. The second-order valence-corrected chi connectivity index (χ2v) is 13.0. The van der Waals surface area contributed by atoms with Crippen molar-refractivity contribution in [1.29, 1.82) is 0 Å². The summed E-state index contributed by atoms with van der Waals surface area (Å²) in [6, 6.07) is 55.9. The van der Waals surface area contributed by atoms with E-state index in [-0.39, 0.29) is 0 Å². The first-order valence-electron chi connectivity index (χ1n) is 17.5. The van der Waals surface area contributed by atoms with Crippen LogP contribution in [0.5, 0.6) is 0 Å². The van der Waals surface area contributed by atoms with Crippen molar-refractivity contribution in [3.63, 3.8) is 0 Å². The van der Waals surface area contributed by atoms with Crippen molar-refractivity contribution in [3.8, 4) is 56.2 Å². The monoisotopic (exact) mass is 662 g/mol. The van der Waals surface area contributed by atoms with E-state index < -0.39 is 0 Å². The van der Waals surface area contributed by atoms with Crippen LogP contribution in [-0.2, 0) is 0 Å². The fourth-order valence-electron chi connectivity index (χ4n) is 7.69. The molecule has 0 atom stereocenters. The van der Waals surface area contributed by atoms with Gasteiger partial charge in [-0.15, -0.1) is 0 Å². The maximum Gasteiger partial charge on any atom is 0.0722 e. The van der Waals surface area contributed by atoms with Crippen LogP contribution in [0.1, 0.15) is 0 Å². The minimum Gasteiger partial charge on any atom is -0.265 e.